The number of rotatable bonds is 2. The van der Waals surface area contributed by atoms with Crippen molar-refractivity contribution in [1.82, 2.24) is 4.90 Å². The van der Waals surface area contributed by atoms with Gasteiger partial charge in [-0.05, 0) is 12.0 Å². The van der Waals surface area contributed by atoms with Crippen LogP contribution in [0.25, 0.3) is 0 Å². The summed E-state index contributed by atoms with van der Waals surface area (Å²) >= 11 is 0. The first-order chi connectivity index (χ1) is 10.6. The van der Waals surface area contributed by atoms with Crippen molar-refractivity contribution >= 4 is 0 Å². The highest BCUT2D eigenvalue weighted by molar-refractivity contribution is 5.26. The van der Waals surface area contributed by atoms with E-state index in [1.165, 1.54) is 11.1 Å². The van der Waals surface area contributed by atoms with Crippen molar-refractivity contribution in [2.45, 2.75) is 44.6 Å². The molecule has 1 spiro atoms. The third-order valence-electron chi connectivity index (χ3n) is 5.86. The lowest BCUT2D eigenvalue weighted by atomic mass is 9.67. The second kappa shape index (κ2) is 5.19. The fraction of sp³-hybridized carbons (Fsp3) is 0.579. The third kappa shape index (κ3) is 2.23. The monoisotopic (exact) mass is 299 g/mol. The molecule has 118 valence electrons. The number of likely N-dealkylation sites (tertiary alicyclic amines) is 1. The van der Waals surface area contributed by atoms with E-state index >= 15 is 0 Å². The molecule has 1 aliphatic carbocycles. The molecule has 2 saturated heterocycles. The van der Waals surface area contributed by atoms with E-state index in [1.54, 1.807) is 0 Å². The van der Waals surface area contributed by atoms with Gasteiger partial charge in [0, 0.05) is 37.4 Å². The van der Waals surface area contributed by atoms with Crippen molar-refractivity contribution in [3.63, 3.8) is 0 Å². The molecule has 1 saturated carbocycles. The largest absolute Gasteiger partial charge is 0.348 e. The predicted octanol–water partition coefficient (Wildman–Crippen LogP) is 3.36. The Morgan fingerprint density at radius 1 is 1.23 bits per heavy atom. The molecule has 22 heavy (non-hydrogen) atoms. The van der Waals surface area contributed by atoms with Crippen molar-refractivity contribution in [3.8, 4) is 0 Å². The first-order valence-corrected chi connectivity index (χ1v) is 8.36. The number of hydrogen-bond donors (Lipinski definition) is 0. The van der Waals surface area contributed by atoms with Crippen molar-refractivity contribution in [2.75, 3.05) is 19.8 Å². The van der Waals surface area contributed by atoms with Gasteiger partial charge in [0.15, 0.2) is 5.79 Å². The van der Waals surface area contributed by atoms with Gasteiger partial charge in [-0.25, -0.2) is 0 Å². The molecule has 3 nitrogen and oxygen atoms in total. The minimum Gasteiger partial charge on any atom is -0.348 e. The molecule has 2 heterocycles. The Labute approximate surface area is 132 Å². The molecule has 0 radical (unpaired) electrons. The van der Waals surface area contributed by atoms with Crippen molar-refractivity contribution < 1.29 is 9.47 Å². The van der Waals surface area contributed by atoms with E-state index in [1.807, 2.05) is 0 Å². The molecule has 1 aromatic rings. The maximum atomic E-state index is 5.97. The maximum Gasteiger partial charge on any atom is 0.169 e. The molecule has 0 N–H and O–H groups in total. The van der Waals surface area contributed by atoms with Gasteiger partial charge in [-0.3, -0.25) is 4.90 Å². The summed E-state index contributed by atoms with van der Waals surface area (Å²) in [5.74, 6) is -0.336. The normalized spacial score (nSPS) is 34.2. The van der Waals surface area contributed by atoms with Crippen LogP contribution in [0.2, 0.25) is 0 Å². The Bertz CT molecular complexity index is 564. The van der Waals surface area contributed by atoms with E-state index in [9.17, 15) is 0 Å². The van der Waals surface area contributed by atoms with Gasteiger partial charge in [-0.1, -0.05) is 49.4 Å². The van der Waals surface area contributed by atoms with Crippen LogP contribution in [0.5, 0.6) is 0 Å². The van der Waals surface area contributed by atoms with E-state index in [2.05, 4.69) is 48.7 Å². The highest BCUT2D eigenvalue weighted by atomic mass is 16.7. The SMILES string of the molecule is C=C1CN(Cc2ccccc2)[C@@H]2CCC3(C[C@]12C)OCCO3. The van der Waals surface area contributed by atoms with Crippen LogP contribution in [0.3, 0.4) is 0 Å². The lowest BCUT2D eigenvalue weighted by Gasteiger charge is -2.46. The fourth-order valence-corrected chi connectivity index (χ4v) is 4.65. The summed E-state index contributed by atoms with van der Waals surface area (Å²) in [7, 11) is 0. The molecular formula is C19H25NO2. The van der Waals surface area contributed by atoms with E-state index in [-0.39, 0.29) is 11.2 Å². The van der Waals surface area contributed by atoms with E-state index < -0.39 is 0 Å². The highest BCUT2D eigenvalue weighted by Gasteiger charge is 2.56. The standard InChI is InChI=1S/C19H25NO2/c1-15-12-20(13-16-6-4-3-5-7-16)17-8-9-19(14-18(15,17)2)21-10-11-22-19/h3-7,17H,1,8-14H2,2H3/t17-,18-/m1/s1. The third-order valence-corrected chi connectivity index (χ3v) is 5.86. The first-order valence-electron chi connectivity index (χ1n) is 8.36. The second-order valence-electron chi connectivity index (χ2n) is 7.25. The van der Waals surface area contributed by atoms with Crippen LogP contribution in [-0.4, -0.2) is 36.5 Å². The minimum atomic E-state index is -0.336. The molecule has 0 unspecified atom stereocenters. The summed E-state index contributed by atoms with van der Waals surface area (Å²) in [5.41, 5.74) is 2.83. The molecule has 3 aliphatic rings. The molecule has 0 amide bonds. The van der Waals surface area contributed by atoms with Crippen LogP contribution >= 0.6 is 0 Å². The van der Waals surface area contributed by atoms with Crippen LogP contribution < -0.4 is 0 Å². The molecule has 3 heteroatoms. The molecule has 0 bridgehead atoms. The van der Waals surface area contributed by atoms with Crippen molar-refractivity contribution in [1.29, 1.82) is 0 Å². The summed E-state index contributed by atoms with van der Waals surface area (Å²) in [6, 6.07) is 11.3. The van der Waals surface area contributed by atoms with Gasteiger partial charge in [-0.2, -0.15) is 0 Å². The predicted molar refractivity (Wildman–Crippen MR) is 86.4 cm³/mol. The maximum absolute atomic E-state index is 5.97. The van der Waals surface area contributed by atoms with Gasteiger partial charge in [0.2, 0.25) is 0 Å². The van der Waals surface area contributed by atoms with Gasteiger partial charge in [-0.15, -0.1) is 0 Å². The van der Waals surface area contributed by atoms with Crippen molar-refractivity contribution in [2.24, 2.45) is 5.41 Å². The van der Waals surface area contributed by atoms with Crippen LogP contribution in [0, 0.1) is 5.41 Å². The average Bonchev–Trinajstić information content (AvgIpc) is 3.04. The molecule has 2 aliphatic heterocycles. The highest BCUT2D eigenvalue weighted by Crippen LogP contribution is 2.54. The number of hydrogen-bond acceptors (Lipinski definition) is 3. The zero-order valence-electron chi connectivity index (χ0n) is 13.4. The quantitative estimate of drug-likeness (QED) is 0.782. The van der Waals surface area contributed by atoms with Gasteiger partial charge >= 0.3 is 0 Å². The van der Waals surface area contributed by atoms with Crippen molar-refractivity contribution in [3.05, 3.63) is 48.0 Å². The second-order valence-corrected chi connectivity index (χ2v) is 7.25. The smallest absolute Gasteiger partial charge is 0.169 e. The topological polar surface area (TPSA) is 21.7 Å². The van der Waals surface area contributed by atoms with Gasteiger partial charge in [0.05, 0.1) is 13.2 Å². The summed E-state index contributed by atoms with van der Waals surface area (Å²) in [6.45, 7) is 10.2. The zero-order chi connectivity index (χ0) is 15.2. The van der Waals surface area contributed by atoms with E-state index in [4.69, 9.17) is 9.47 Å². The lowest BCUT2D eigenvalue weighted by Crippen LogP contribution is -2.50. The molecule has 1 aromatic carbocycles. The lowest BCUT2D eigenvalue weighted by molar-refractivity contribution is -0.202. The van der Waals surface area contributed by atoms with Gasteiger partial charge in [0.25, 0.3) is 0 Å². The fourth-order valence-electron chi connectivity index (χ4n) is 4.65. The Morgan fingerprint density at radius 3 is 2.68 bits per heavy atom. The molecular weight excluding hydrogens is 274 g/mol. The Balaban J connectivity index is 1.55. The van der Waals surface area contributed by atoms with E-state index in [0.717, 1.165) is 45.6 Å². The Morgan fingerprint density at radius 2 is 1.95 bits per heavy atom. The summed E-state index contributed by atoms with van der Waals surface area (Å²) < 4.78 is 11.9. The Hall–Kier alpha value is -1.16. The molecule has 2 atom stereocenters. The van der Waals surface area contributed by atoms with E-state index in [0.29, 0.717) is 6.04 Å². The average molecular weight is 299 g/mol. The summed E-state index contributed by atoms with van der Waals surface area (Å²) in [4.78, 5) is 2.60. The first kappa shape index (κ1) is 14.4. The summed E-state index contributed by atoms with van der Waals surface area (Å²) in [6.07, 6.45) is 3.09. The van der Waals surface area contributed by atoms with Crippen LogP contribution in [0.1, 0.15) is 31.7 Å². The van der Waals surface area contributed by atoms with Crippen LogP contribution in [0.15, 0.2) is 42.5 Å². The number of fused-ring (bicyclic) bond motifs is 1. The van der Waals surface area contributed by atoms with Crippen LogP contribution in [-0.2, 0) is 16.0 Å². The van der Waals surface area contributed by atoms with Gasteiger partial charge < -0.3 is 9.47 Å². The minimum absolute atomic E-state index is 0.109. The molecule has 3 fully saturated rings. The Kier molecular flexibility index (Phi) is 3.40. The zero-order valence-corrected chi connectivity index (χ0v) is 13.4. The molecule has 0 aromatic heterocycles. The number of ether oxygens (including phenoxy) is 2. The van der Waals surface area contributed by atoms with Gasteiger partial charge in [0.1, 0.15) is 0 Å². The number of benzene rings is 1. The summed E-state index contributed by atoms with van der Waals surface area (Å²) in [5, 5.41) is 0. The van der Waals surface area contributed by atoms with Crippen LogP contribution in [0.4, 0.5) is 0 Å². The number of nitrogens with zero attached hydrogens (tertiary/aromatic N) is 1. The molecule has 4 rings (SSSR count).